The molecule has 1 aliphatic heterocycles. The fourth-order valence-corrected chi connectivity index (χ4v) is 4.52. The molecular weight excluding hydrogens is 354 g/mol. The molecule has 1 amide bonds. The quantitative estimate of drug-likeness (QED) is 0.813. The molecule has 1 fully saturated rings. The van der Waals surface area contributed by atoms with Crippen molar-refractivity contribution in [1.82, 2.24) is 5.32 Å². The van der Waals surface area contributed by atoms with Crippen molar-refractivity contribution in [1.29, 1.82) is 0 Å². The van der Waals surface area contributed by atoms with E-state index >= 15 is 0 Å². The van der Waals surface area contributed by atoms with E-state index in [4.69, 9.17) is 21.1 Å². The lowest BCUT2D eigenvalue weighted by Gasteiger charge is -2.42. The van der Waals surface area contributed by atoms with Gasteiger partial charge in [-0.15, -0.1) is 0 Å². The second-order valence-corrected chi connectivity index (χ2v) is 7.96. The minimum absolute atomic E-state index is 0.212. The van der Waals surface area contributed by atoms with Gasteiger partial charge in [-0.1, -0.05) is 11.6 Å². The maximum Gasteiger partial charge on any atom is 0.298 e. The summed E-state index contributed by atoms with van der Waals surface area (Å²) in [5, 5.41) is 3.71. The molecule has 2 aliphatic rings. The first-order chi connectivity index (χ1) is 12.2. The Morgan fingerprint density at radius 3 is 2.23 bits per heavy atom. The van der Waals surface area contributed by atoms with Crippen LogP contribution in [0.3, 0.4) is 0 Å². The van der Waals surface area contributed by atoms with Gasteiger partial charge in [-0.3, -0.25) is 9.59 Å². The first-order valence-electron chi connectivity index (χ1n) is 8.75. The molecule has 6 heteroatoms. The number of rotatable bonds is 4. The number of ether oxygens (including phenoxy) is 2. The van der Waals surface area contributed by atoms with Gasteiger partial charge < -0.3 is 14.8 Å². The fraction of sp³-hybridized carbons (Fsp3) is 0.500. The average Bonchev–Trinajstić information content (AvgIpc) is 2.83. The Morgan fingerprint density at radius 2 is 1.73 bits per heavy atom. The molecule has 0 aromatic heterocycles. The highest BCUT2D eigenvalue weighted by atomic mass is 35.5. The Bertz CT molecular complexity index is 768. The normalized spacial score (nSPS) is 28.4. The minimum atomic E-state index is -0.663. The van der Waals surface area contributed by atoms with Crippen molar-refractivity contribution in [3.05, 3.63) is 39.6 Å². The molecule has 3 rings (SSSR count). The molecule has 0 radical (unpaired) electrons. The Labute approximate surface area is 158 Å². The number of hydrogen-bond donors (Lipinski definition) is 1. The Hall–Kier alpha value is -1.85. The number of hydrogen-bond acceptors (Lipinski definition) is 4. The number of amides is 1. The van der Waals surface area contributed by atoms with E-state index < -0.39 is 5.54 Å². The van der Waals surface area contributed by atoms with Crippen LogP contribution in [0.15, 0.2) is 17.9 Å². The Kier molecular flexibility index (Phi) is 4.88. The zero-order chi connectivity index (χ0) is 19.1. The molecule has 1 heterocycles. The lowest BCUT2D eigenvalue weighted by atomic mass is 9.73. The first kappa shape index (κ1) is 18.9. The smallest absolute Gasteiger partial charge is 0.298 e. The molecule has 1 spiro atoms. The van der Waals surface area contributed by atoms with Gasteiger partial charge in [-0.25, -0.2) is 0 Å². The largest absolute Gasteiger partial charge is 0.430 e. The summed E-state index contributed by atoms with van der Waals surface area (Å²) in [6, 6.07) is 3.63. The van der Waals surface area contributed by atoms with Crippen LogP contribution in [-0.2, 0) is 19.1 Å². The molecule has 0 bridgehead atoms. The molecule has 0 atom stereocenters. The summed E-state index contributed by atoms with van der Waals surface area (Å²) in [6.07, 6.45) is 2.84. The number of halogens is 1. The van der Waals surface area contributed by atoms with Gasteiger partial charge in [0.2, 0.25) is 0 Å². The van der Waals surface area contributed by atoms with Crippen molar-refractivity contribution < 1.29 is 19.1 Å². The van der Waals surface area contributed by atoms with Gasteiger partial charge in [-0.05, 0) is 75.3 Å². The van der Waals surface area contributed by atoms with Gasteiger partial charge in [0.05, 0.1) is 16.7 Å². The highest BCUT2D eigenvalue weighted by molar-refractivity contribution is 6.31. The summed E-state index contributed by atoms with van der Waals surface area (Å²) in [5.41, 5.74) is 2.08. The number of carbonyl (C=O) groups excluding carboxylic acids is 2. The van der Waals surface area contributed by atoms with E-state index in [-0.39, 0.29) is 11.5 Å². The number of aryl methyl sites for hydroxylation is 2. The van der Waals surface area contributed by atoms with Crippen LogP contribution in [0.1, 0.15) is 49.3 Å². The lowest BCUT2D eigenvalue weighted by molar-refractivity contribution is -0.127. The van der Waals surface area contributed by atoms with Crippen LogP contribution < -0.4 is 5.32 Å². The lowest BCUT2D eigenvalue weighted by Crippen LogP contribution is -2.51. The van der Waals surface area contributed by atoms with Crippen molar-refractivity contribution in [3.8, 4) is 0 Å². The molecule has 5 nitrogen and oxygen atoms in total. The number of benzene rings is 1. The van der Waals surface area contributed by atoms with Crippen LogP contribution in [0.25, 0.3) is 5.57 Å². The second-order valence-electron chi connectivity index (χ2n) is 7.52. The third-order valence-electron chi connectivity index (χ3n) is 5.81. The van der Waals surface area contributed by atoms with Gasteiger partial charge in [0.15, 0.2) is 0 Å². The monoisotopic (exact) mass is 377 g/mol. The molecule has 1 aromatic carbocycles. The molecule has 1 saturated carbocycles. The van der Waals surface area contributed by atoms with Crippen LogP contribution in [0.2, 0.25) is 5.02 Å². The molecule has 26 heavy (non-hydrogen) atoms. The van der Waals surface area contributed by atoms with E-state index in [0.29, 0.717) is 35.7 Å². The van der Waals surface area contributed by atoms with Crippen molar-refractivity contribution in [3.63, 3.8) is 0 Å². The van der Waals surface area contributed by atoms with Gasteiger partial charge in [0, 0.05) is 12.1 Å². The Morgan fingerprint density at radius 1 is 1.15 bits per heavy atom. The summed E-state index contributed by atoms with van der Waals surface area (Å²) >= 11 is 6.13. The number of nitrogens with one attached hydrogen (secondary N) is 1. The SMILES string of the molecule is CO[C@]1(C)CC[C@]2(CC1)NC(=O)C(c1c(C)cc(Cl)cc1C)=C2OC=O. The molecule has 140 valence electrons. The van der Waals surface area contributed by atoms with Crippen molar-refractivity contribution >= 4 is 29.6 Å². The van der Waals surface area contributed by atoms with E-state index in [2.05, 4.69) is 12.2 Å². The Balaban J connectivity index is 2.12. The highest BCUT2D eigenvalue weighted by Crippen LogP contribution is 2.47. The van der Waals surface area contributed by atoms with E-state index in [1.54, 1.807) is 7.11 Å². The molecule has 1 aliphatic carbocycles. The summed E-state index contributed by atoms with van der Waals surface area (Å²) < 4.78 is 11.0. The zero-order valence-corrected chi connectivity index (χ0v) is 16.3. The highest BCUT2D eigenvalue weighted by Gasteiger charge is 2.51. The molecule has 1 N–H and O–H groups in total. The molecule has 0 unspecified atom stereocenters. The fourth-order valence-electron chi connectivity index (χ4n) is 4.19. The van der Waals surface area contributed by atoms with E-state index in [9.17, 15) is 9.59 Å². The van der Waals surface area contributed by atoms with Crippen molar-refractivity contribution in [2.24, 2.45) is 0 Å². The molecular formula is C20H24ClNO4. The second kappa shape index (κ2) is 6.71. The van der Waals surface area contributed by atoms with Gasteiger partial charge in [0.1, 0.15) is 5.76 Å². The predicted octanol–water partition coefficient (Wildman–Crippen LogP) is 3.69. The summed E-state index contributed by atoms with van der Waals surface area (Å²) in [7, 11) is 1.70. The van der Waals surface area contributed by atoms with Crippen LogP contribution in [-0.4, -0.2) is 30.6 Å². The van der Waals surface area contributed by atoms with Crippen LogP contribution in [0.4, 0.5) is 0 Å². The predicted molar refractivity (Wildman–Crippen MR) is 99.8 cm³/mol. The molecule has 0 saturated heterocycles. The molecule has 1 aromatic rings. The van der Waals surface area contributed by atoms with Gasteiger partial charge in [-0.2, -0.15) is 0 Å². The van der Waals surface area contributed by atoms with Crippen molar-refractivity contribution in [2.45, 2.75) is 57.6 Å². The van der Waals surface area contributed by atoms with E-state index in [1.165, 1.54) is 0 Å². The van der Waals surface area contributed by atoms with E-state index in [0.717, 1.165) is 29.5 Å². The van der Waals surface area contributed by atoms with Gasteiger partial charge in [0.25, 0.3) is 12.4 Å². The van der Waals surface area contributed by atoms with Crippen molar-refractivity contribution in [2.75, 3.05) is 7.11 Å². The summed E-state index contributed by atoms with van der Waals surface area (Å²) in [5.74, 6) is 0.209. The van der Waals surface area contributed by atoms with E-state index in [1.807, 2.05) is 26.0 Å². The van der Waals surface area contributed by atoms with Crippen LogP contribution >= 0.6 is 11.6 Å². The third-order valence-corrected chi connectivity index (χ3v) is 6.03. The maximum absolute atomic E-state index is 12.9. The van der Waals surface area contributed by atoms with Gasteiger partial charge >= 0.3 is 0 Å². The van der Waals surface area contributed by atoms with Crippen LogP contribution in [0.5, 0.6) is 0 Å². The first-order valence-corrected chi connectivity index (χ1v) is 9.13. The minimum Gasteiger partial charge on any atom is -0.430 e. The number of carbonyl (C=O) groups is 2. The zero-order valence-electron chi connectivity index (χ0n) is 15.6. The standard InChI is InChI=1S/C20H24ClNO4/c1-12-9-14(21)10-13(2)15(12)16-17(26-11-23)20(22-18(16)24)7-5-19(3,25-4)6-8-20/h9-11H,5-8H2,1-4H3,(H,22,24)/t19-,20-. The third kappa shape index (κ3) is 3.03. The number of methoxy groups -OCH3 is 1. The maximum atomic E-state index is 12.9. The van der Waals surface area contributed by atoms with Crippen LogP contribution in [0, 0.1) is 13.8 Å². The summed E-state index contributed by atoms with van der Waals surface area (Å²) in [6.45, 7) is 6.28. The topological polar surface area (TPSA) is 64.6 Å². The summed E-state index contributed by atoms with van der Waals surface area (Å²) in [4.78, 5) is 24.2. The average molecular weight is 378 g/mol.